The molecule has 4 rings (SSSR count). The van der Waals surface area contributed by atoms with E-state index in [0.717, 1.165) is 15.5 Å². The fourth-order valence-corrected chi connectivity index (χ4v) is 5.06. The molecular formula is C17H11ClN4OS3. The summed E-state index contributed by atoms with van der Waals surface area (Å²) in [7, 11) is 0. The van der Waals surface area contributed by atoms with Crippen LogP contribution in [0.3, 0.4) is 0 Å². The van der Waals surface area contributed by atoms with Gasteiger partial charge in [-0.3, -0.25) is 10.1 Å². The molecule has 3 heterocycles. The van der Waals surface area contributed by atoms with Gasteiger partial charge >= 0.3 is 0 Å². The molecular weight excluding hydrogens is 408 g/mol. The summed E-state index contributed by atoms with van der Waals surface area (Å²) in [5.74, 6) is 0.557. The third-order valence-electron chi connectivity index (χ3n) is 3.47. The molecule has 0 saturated heterocycles. The summed E-state index contributed by atoms with van der Waals surface area (Å²) in [6, 6.07) is 13.1. The van der Waals surface area contributed by atoms with Crippen LogP contribution in [0.5, 0.6) is 0 Å². The SMILES string of the molecule is O=C(Nc1nnc(SCc2cccs2)s1)c1cc(Cl)nc2ccccc12. The minimum Gasteiger partial charge on any atom is -0.296 e. The highest BCUT2D eigenvalue weighted by molar-refractivity contribution is 8.00. The first-order chi connectivity index (χ1) is 12.7. The van der Waals surface area contributed by atoms with E-state index in [0.29, 0.717) is 16.2 Å². The van der Waals surface area contributed by atoms with E-state index in [1.165, 1.54) is 16.2 Å². The van der Waals surface area contributed by atoms with Crippen molar-refractivity contribution in [2.75, 3.05) is 5.32 Å². The average molecular weight is 419 g/mol. The van der Waals surface area contributed by atoms with Crippen LogP contribution in [-0.2, 0) is 5.75 Å². The molecule has 0 fully saturated rings. The summed E-state index contributed by atoms with van der Waals surface area (Å²) in [6.45, 7) is 0. The van der Waals surface area contributed by atoms with Gasteiger partial charge in [-0.2, -0.15) is 0 Å². The molecule has 3 aromatic heterocycles. The van der Waals surface area contributed by atoms with Gasteiger partial charge in [0.05, 0.1) is 11.1 Å². The summed E-state index contributed by atoms with van der Waals surface area (Å²) in [5.41, 5.74) is 1.14. The predicted molar refractivity (Wildman–Crippen MR) is 108 cm³/mol. The fraction of sp³-hybridized carbons (Fsp3) is 0.0588. The number of para-hydroxylation sites is 1. The van der Waals surface area contributed by atoms with Crippen molar-refractivity contribution in [2.24, 2.45) is 0 Å². The number of carbonyl (C=O) groups excluding carboxylic acids is 1. The monoisotopic (exact) mass is 418 g/mol. The number of thiophene rings is 1. The molecule has 0 saturated carbocycles. The fourth-order valence-electron chi connectivity index (χ4n) is 2.34. The zero-order chi connectivity index (χ0) is 17.9. The third-order valence-corrected chi connectivity index (χ3v) is 6.75. The zero-order valence-electron chi connectivity index (χ0n) is 13.2. The number of carbonyl (C=O) groups is 1. The number of thioether (sulfide) groups is 1. The number of pyridine rings is 1. The lowest BCUT2D eigenvalue weighted by Crippen LogP contribution is -2.12. The van der Waals surface area contributed by atoms with Crippen LogP contribution >= 0.6 is 46.0 Å². The van der Waals surface area contributed by atoms with E-state index in [-0.39, 0.29) is 11.1 Å². The molecule has 1 aromatic carbocycles. The molecule has 0 unspecified atom stereocenters. The largest absolute Gasteiger partial charge is 0.296 e. The second-order valence-corrected chi connectivity index (χ2v) is 8.82. The molecule has 0 aliphatic carbocycles. The Bertz CT molecular complexity index is 1070. The number of fused-ring (bicyclic) bond motifs is 1. The van der Waals surface area contributed by atoms with Crippen LogP contribution in [0, 0.1) is 0 Å². The Labute approximate surface area is 166 Å². The molecule has 0 radical (unpaired) electrons. The highest BCUT2D eigenvalue weighted by Gasteiger charge is 2.15. The Kier molecular flexibility index (Phi) is 5.16. The Morgan fingerprint density at radius 1 is 1.19 bits per heavy atom. The Balaban J connectivity index is 1.50. The highest BCUT2D eigenvalue weighted by Crippen LogP contribution is 2.30. The maximum atomic E-state index is 12.7. The van der Waals surface area contributed by atoms with Gasteiger partial charge in [-0.15, -0.1) is 21.5 Å². The van der Waals surface area contributed by atoms with Crippen molar-refractivity contribution in [2.45, 2.75) is 10.1 Å². The van der Waals surface area contributed by atoms with Gasteiger partial charge in [0.25, 0.3) is 5.91 Å². The molecule has 5 nitrogen and oxygen atoms in total. The Morgan fingerprint density at radius 3 is 2.92 bits per heavy atom. The summed E-state index contributed by atoms with van der Waals surface area (Å²) in [6.07, 6.45) is 0. The van der Waals surface area contributed by atoms with Crippen LogP contribution in [0.15, 0.2) is 52.2 Å². The van der Waals surface area contributed by atoms with Crippen LogP contribution in [0.4, 0.5) is 5.13 Å². The molecule has 1 N–H and O–H groups in total. The lowest BCUT2D eigenvalue weighted by atomic mass is 10.1. The number of anilines is 1. The van der Waals surface area contributed by atoms with Crippen molar-refractivity contribution in [1.82, 2.24) is 15.2 Å². The van der Waals surface area contributed by atoms with E-state index in [4.69, 9.17) is 11.6 Å². The van der Waals surface area contributed by atoms with Crippen molar-refractivity contribution in [1.29, 1.82) is 0 Å². The van der Waals surface area contributed by atoms with Crippen LogP contribution < -0.4 is 5.32 Å². The predicted octanol–water partition coefficient (Wildman–Crippen LogP) is 5.35. The molecule has 4 aromatic rings. The quantitative estimate of drug-likeness (QED) is 0.269. The van der Waals surface area contributed by atoms with Crippen molar-refractivity contribution in [3.05, 3.63) is 63.4 Å². The Morgan fingerprint density at radius 2 is 2.08 bits per heavy atom. The summed E-state index contributed by atoms with van der Waals surface area (Å²) in [5, 5.41) is 14.5. The Hall–Kier alpha value is -2.00. The van der Waals surface area contributed by atoms with Crippen LogP contribution in [-0.4, -0.2) is 21.1 Å². The number of benzene rings is 1. The number of amides is 1. The molecule has 130 valence electrons. The van der Waals surface area contributed by atoms with Gasteiger partial charge in [0.2, 0.25) is 5.13 Å². The van der Waals surface area contributed by atoms with Gasteiger partial charge in [-0.1, -0.05) is 59.0 Å². The summed E-state index contributed by atoms with van der Waals surface area (Å²) >= 11 is 10.7. The average Bonchev–Trinajstić information content (AvgIpc) is 3.31. The van der Waals surface area contributed by atoms with Gasteiger partial charge in [0.1, 0.15) is 5.15 Å². The second-order valence-electron chi connectivity index (χ2n) is 5.20. The lowest BCUT2D eigenvalue weighted by Gasteiger charge is -2.06. The number of rotatable bonds is 5. The van der Waals surface area contributed by atoms with Crippen LogP contribution in [0.1, 0.15) is 15.2 Å². The number of hydrogen-bond donors (Lipinski definition) is 1. The summed E-state index contributed by atoms with van der Waals surface area (Å²) in [4.78, 5) is 18.2. The molecule has 0 spiro atoms. The van der Waals surface area contributed by atoms with E-state index >= 15 is 0 Å². The standard InChI is InChI=1S/C17H11ClN4OS3/c18-14-8-12(11-5-1-2-6-13(11)19-14)15(23)20-16-21-22-17(26-16)25-9-10-4-3-7-24-10/h1-8H,9H2,(H,20,21,23). The zero-order valence-corrected chi connectivity index (χ0v) is 16.4. The maximum absolute atomic E-state index is 12.7. The molecule has 26 heavy (non-hydrogen) atoms. The van der Waals surface area contributed by atoms with Gasteiger partial charge in [-0.25, -0.2) is 4.98 Å². The molecule has 0 aliphatic rings. The van der Waals surface area contributed by atoms with Crippen molar-refractivity contribution < 1.29 is 4.79 Å². The van der Waals surface area contributed by atoms with E-state index < -0.39 is 0 Å². The molecule has 9 heteroatoms. The third kappa shape index (κ3) is 3.88. The lowest BCUT2D eigenvalue weighted by molar-refractivity contribution is 0.102. The van der Waals surface area contributed by atoms with E-state index in [9.17, 15) is 4.79 Å². The van der Waals surface area contributed by atoms with Crippen LogP contribution in [0.25, 0.3) is 10.9 Å². The van der Waals surface area contributed by atoms with Gasteiger partial charge < -0.3 is 0 Å². The number of hydrogen-bond acceptors (Lipinski definition) is 7. The topological polar surface area (TPSA) is 67.8 Å². The first kappa shape index (κ1) is 17.4. The first-order valence-electron chi connectivity index (χ1n) is 7.54. The smallest absolute Gasteiger partial charge is 0.258 e. The van der Waals surface area contributed by atoms with Crippen LogP contribution in [0.2, 0.25) is 5.15 Å². The van der Waals surface area contributed by atoms with Gasteiger partial charge in [0, 0.05) is 16.0 Å². The number of halogens is 1. The normalized spacial score (nSPS) is 11.0. The molecule has 1 amide bonds. The molecule has 0 aliphatic heterocycles. The molecule has 0 atom stereocenters. The minimum atomic E-state index is -0.281. The van der Waals surface area contributed by atoms with E-state index in [1.807, 2.05) is 35.7 Å². The number of nitrogens with one attached hydrogen (secondary N) is 1. The van der Waals surface area contributed by atoms with Gasteiger partial charge in [-0.05, 0) is 23.6 Å². The van der Waals surface area contributed by atoms with Crippen molar-refractivity contribution >= 4 is 68.0 Å². The van der Waals surface area contributed by atoms with E-state index in [2.05, 4.69) is 26.6 Å². The van der Waals surface area contributed by atoms with E-state index in [1.54, 1.807) is 29.2 Å². The van der Waals surface area contributed by atoms with Gasteiger partial charge in [0.15, 0.2) is 4.34 Å². The second kappa shape index (κ2) is 7.71. The minimum absolute atomic E-state index is 0.276. The first-order valence-corrected chi connectivity index (χ1v) is 10.6. The summed E-state index contributed by atoms with van der Waals surface area (Å²) < 4.78 is 0.811. The maximum Gasteiger partial charge on any atom is 0.258 e. The van der Waals surface area contributed by atoms with Crippen molar-refractivity contribution in [3.8, 4) is 0 Å². The molecule has 0 bridgehead atoms. The number of aromatic nitrogens is 3. The number of nitrogens with zero attached hydrogens (tertiary/aromatic N) is 3. The van der Waals surface area contributed by atoms with Crippen molar-refractivity contribution in [3.63, 3.8) is 0 Å². The highest BCUT2D eigenvalue weighted by atomic mass is 35.5.